The van der Waals surface area contributed by atoms with Crippen molar-refractivity contribution in [3.63, 3.8) is 0 Å². The molecule has 2 unspecified atom stereocenters. The normalized spacial score (nSPS) is 14.5. The average molecular weight is 302 g/mol. The third-order valence-electron chi connectivity index (χ3n) is 3.58. The van der Waals surface area contributed by atoms with E-state index in [2.05, 4.69) is 24.3 Å². The smallest absolute Gasteiger partial charge is 0.130 e. The lowest BCUT2D eigenvalue weighted by Crippen LogP contribution is -2.43. The van der Waals surface area contributed by atoms with E-state index >= 15 is 0 Å². The molecule has 1 aromatic heterocycles. The summed E-state index contributed by atoms with van der Waals surface area (Å²) in [6.45, 7) is 10.1. The lowest BCUT2D eigenvalue weighted by molar-refractivity contribution is 0.0319. The molecule has 0 aliphatic carbocycles. The molecule has 0 saturated carbocycles. The fourth-order valence-electron chi connectivity index (χ4n) is 2.52. The van der Waals surface area contributed by atoms with Gasteiger partial charge in [-0.1, -0.05) is 25.4 Å². The number of ether oxygens (including phenoxy) is 1. The fraction of sp³-hybridized carbons (Fsp3) is 0.800. The standard InChI is InChI=1S/C15H28ClN3O/c1-6-9-17-13(14(7-2)20-8-3)10-12-11(4)18-19(5)15(12)16/h13-14,17H,6-10H2,1-5H3. The zero-order chi connectivity index (χ0) is 15.1. The topological polar surface area (TPSA) is 39.1 Å². The van der Waals surface area contributed by atoms with Crippen molar-refractivity contribution in [1.82, 2.24) is 15.1 Å². The van der Waals surface area contributed by atoms with E-state index < -0.39 is 0 Å². The molecule has 0 aromatic carbocycles. The third-order valence-corrected chi connectivity index (χ3v) is 4.06. The summed E-state index contributed by atoms with van der Waals surface area (Å²) in [4.78, 5) is 0. The number of hydrogen-bond acceptors (Lipinski definition) is 3. The van der Waals surface area contributed by atoms with Crippen LogP contribution in [0, 0.1) is 6.92 Å². The molecular formula is C15H28ClN3O. The average Bonchev–Trinajstić information content (AvgIpc) is 2.67. The summed E-state index contributed by atoms with van der Waals surface area (Å²) in [7, 11) is 1.88. The van der Waals surface area contributed by atoms with Crippen LogP contribution in [0.15, 0.2) is 0 Å². The lowest BCUT2D eigenvalue weighted by atomic mass is 9.99. The van der Waals surface area contributed by atoms with Crippen LogP contribution in [0.1, 0.15) is 44.9 Å². The zero-order valence-electron chi connectivity index (χ0n) is 13.4. The van der Waals surface area contributed by atoms with Gasteiger partial charge in [-0.25, -0.2) is 0 Å². The first-order valence-corrected chi connectivity index (χ1v) is 7.95. The number of halogens is 1. The minimum Gasteiger partial charge on any atom is -0.377 e. The van der Waals surface area contributed by atoms with Crippen molar-refractivity contribution in [2.75, 3.05) is 13.2 Å². The molecule has 1 rings (SSSR count). The maximum Gasteiger partial charge on any atom is 0.130 e. The minimum absolute atomic E-state index is 0.210. The Morgan fingerprint density at radius 2 is 2.05 bits per heavy atom. The highest BCUT2D eigenvalue weighted by molar-refractivity contribution is 6.30. The van der Waals surface area contributed by atoms with Crippen molar-refractivity contribution in [1.29, 1.82) is 0 Å². The van der Waals surface area contributed by atoms with E-state index in [0.717, 1.165) is 48.8 Å². The molecule has 0 fully saturated rings. The van der Waals surface area contributed by atoms with Crippen LogP contribution in [0.4, 0.5) is 0 Å². The van der Waals surface area contributed by atoms with E-state index in [1.54, 1.807) is 4.68 Å². The molecule has 5 heteroatoms. The Kier molecular flexibility index (Phi) is 7.56. The molecule has 0 radical (unpaired) electrons. The van der Waals surface area contributed by atoms with Gasteiger partial charge in [-0.15, -0.1) is 0 Å². The lowest BCUT2D eigenvalue weighted by Gasteiger charge is -2.27. The van der Waals surface area contributed by atoms with E-state index in [1.165, 1.54) is 0 Å². The fourth-order valence-corrected chi connectivity index (χ4v) is 2.77. The van der Waals surface area contributed by atoms with Gasteiger partial charge in [-0.3, -0.25) is 4.68 Å². The van der Waals surface area contributed by atoms with Crippen molar-refractivity contribution in [2.45, 2.75) is 59.1 Å². The first-order valence-electron chi connectivity index (χ1n) is 7.57. The first kappa shape index (κ1) is 17.5. The van der Waals surface area contributed by atoms with E-state index in [9.17, 15) is 0 Å². The number of rotatable bonds is 9. The number of nitrogens with zero attached hydrogens (tertiary/aromatic N) is 2. The van der Waals surface area contributed by atoms with Gasteiger partial charge in [0.05, 0.1) is 11.8 Å². The number of hydrogen-bond donors (Lipinski definition) is 1. The Hall–Kier alpha value is -0.580. The molecule has 4 nitrogen and oxygen atoms in total. The van der Waals surface area contributed by atoms with Gasteiger partial charge in [0.25, 0.3) is 0 Å². The van der Waals surface area contributed by atoms with Crippen LogP contribution in [0.2, 0.25) is 5.15 Å². The predicted molar refractivity (Wildman–Crippen MR) is 84.4 cm³/mol. The molecule has 1 aromatic rings. The molecule has 0 spiro atoms. The number of aromatic nitrogens is 2. The highest BCUT2D eigenvalue weighted by Gasteiger charge is 2.23. The summed E-state index contributed by atoms with van der Waals surface area (Å²) in [5.74, 6) is 0. The van der Waals surface area contributed by atoms with E-state index in [1.807, 2.05) is 20.9 Å². The molecule has 0 saturated heterocycles. The van der Waals surface area contributed by atoms with Gasteiger partial charge >= 0.3 is 0 Å². The Balaban J connectivity index is 2.87. The van der Waals surface area contributed by atoms with Crippen molar-refractivity contribution < 1.29 is 4.74 Å². The second kappa shape index (κ2) is 8.65. The Morgan fingerprint density at radius 3 is 2.50 bits per heavy atom. The van der Waals surface area contributed by atoms with Gasteiger partial charge in [0.2, 0.25) is 0 Å². The quantitative estimate of drug-likeness (QED) is 0.762. The summed E-state index contributed by atoms with van der Waals surface area (Å²) >= 11 is 6.35. The highest BCUT2D eigenvalue weighted by Crippen LogP contribution is 2.22. The molecule has 0 aliphatic heterocycles. The number of aryl methyl sites for hydroxylation is 2. The van der Waals surface area contributed by atoms with Gasteiger partial charge in [-0.05, 0) is 39.7 Å². The predicted octanol–water partition coefficient (Wildman–Crippen LogP) is 3.11. The maximum absolute atomic E-state index is 6.35. The van der Waals surface area contributed by atoms with Crippen LogP contribution in [0.25, 0.3) is 0 Å². The van der Waals surface area contributed by atoms with Crippen LogP contribution in [0.5, 0.6) is 0 Å². The van der Waals surface area contributed by atoms with Crippen LogP contribution in [-0.4, -0.2) is 35.1 Å². The Morgan fingerprint density at radius 1 is 1.35 bits per heavy atom. The molecule has 20 heavy (non-hydrogen) atoms. The van der Waals surface area contributed by atoms with Crippen molar-refractivity contribution in [3.05, 3.63) is 16.4 Å². The van der Waals surface area contributed by atoms with Gasteiger partial charge in [-0.2, -0.15) is 5.10 Å². The third kappa shape index (κ3) is 4.47. The van der Waals surface area contributed by atoms with E-state index in [4.69, 9.17) is 16.3 Å². The largest absolute Gasteiger partial charge is 0.377 e. The summed E-state index contributed by atoms with van der Waals surface area (Å²) in [6.07, 6.45) is 3.17. The molecular weight excluding hydrogens is 274 g/mol. The second-order valence-electron chi connectivity index (χ2n) is 5.15. The Bertz CT molecular complexity index is 406. The molecule has 1 N–H and O–H groups in total. The monoisotopic (exact) mass is 301 g/mol. The van der Waals surface area contributed by atoms with Gasteiger partial charge in [0.15, 0.2) is 0 Å². The van der Waals surface area contributed by atoms with Crippen LogP contribution in [-0.2, 0) is 18.2 Å². The van der Waals surface area contributed by atoms with Crippen molar-refractivity contribution >= 4 is 11.6 Å². The molecule has 0 aliphatic rings. The second-order valence-corrected chi connectivity index (χ2v) is 5.50. The summed E-state index contributed by atoms with van der Waals surface area (Å²) in [5.41, 5.74) is 2.13. The van der Waals surface area contributed by atoms with E-state index in [0.29, 0.717) is 0 Å². The van der Waals surface area contributed by atoms with Crippen LogP contribution < -0.4 is 5.32 Å². The zero-order valence-corrected chi connectivity index (χ0v) is 14.1. The Labute approximate surface area is 127 Å². The van der Waals surface area contributed by atoms with Gasteiger partial charge in [0, 0.05) is 25.3 Å². The van der Waals surface area contributed by atoms with Crippen molar-refractivity contribution in [2.24, 2.45) is 7.05 Å². The summed E-state index contributed by atoms with van der Waals surface area (Å²) < 4.78 is 7.62. The van der Waals surface area contributed by atoms with E-state index in [-0.39, 0.29) is 12.1 Å². The SMILES string of the molecule is CCCNC(Cc1c(C)nn(C)c1Cl)C(CC)OCC. The van der Waals surface area contributed by atoms with Gasteiger partial charge in [0.1, 0.15) is 5.15 Å². The summed E-state index contributed by atoms with van der Waals surface area (Å²) in [6, 6.07) is 0.278. The highest BCUT2D eigenvalue weighted by atomic mass is 35.5. The first-order chi connectivity index (χ1) is 9.54. The molecule has 1 heterocycles. The molecule has 2 atom stereocenters. The molecule has 116 valence electrons. The maximum atomic E-state index is 6.35. The minimum atomic E-state index is 0.210. The number of nitrogens with one attached hydrogen (secondary N) is 1. The van der Waals surface area contributed by atoms with Crippen molar-refractivity contribution in [3.8, 4) is 0 Å². The van der Waals surface area contributed by atoms with Gasteiger partial charge < -0.3 is 10.1 Å². The van der Waals surface area contributed by atoms with Crippen LogP contribution in [0.3, 0.4) is 0 Å². The molecule has 0 amide bonds. The van der Waals surface area contributed by atoms with Crippen LogP contribution >= 0.6 is 11.6 Å². The molecule has 0 bridgehead atoms. The summed E-state index contributed by atoms with van der Waals surface area (Å²) in [5, 5.41) is 8.72.